The molecule has 0 aliphatic rings. The molecule has 19 rings (SSSR count). The third kappa shape index (κ3) is 11.0. The van der Waals surface area contributed by atoms with Crippen LogP contribution in [-0.2, 0) is 0 Å². The highest BCUT2D eigenvalue weighted by Gasteiger charge is 2.21. The van der Waals surface area contributed by atoms with Crippen LogP contribution in [0.1, 0.15) is 17.5 Å². The Morgan fingerprint density at radius 2 is 0.474 bits per heavy atom. The number of aromatic nitrogens is 7. The van der Waals surface area contributed by atoms with Crippen molar-refractivity contribution in [2.24, 2.45) is 0 Å². The molecule has 0 radical (unpaired) electrons. The van der Waals surface area contributed by atoms with Crippen LogP contribution in [0.4, 0.5) is 0 Å². The molecule has 0 atom stereocenters. The van der Waals surface area contributed by atoms with E-state index in [1.807, 2.05) is 142 Å². The number of hydrogen-bond acceptors (Lipinski definition) is 11. The lowest BCUT2D eigenvalue weighted by Gasteiger charge is -2.12. The molecule has 0 spiro atoms. The van der Waals surface area contributed by atoms with E-state index in [9.17, 15) is 0 Å². The smallest absolute Gasteiger partial charge is 0.144 e. The summed E-state index contributed by atoms with van der Waals surface area (Å²) in [5, 5.41) is 8.79. The molecular weight excluding hydrogens is 1190 g/mol. The van der Waals surface area contributed by atoms with E-state index in [2.05, 4.69) is 173 Å². The third-order valence-corrected chi connectivity index (χ3v) is 17.7. The van der Waals surface area contributed by atoms with Gasteiger partial charge in [-0.2, -0.15) is 0 Å². The van der Waals surface area contributed by atoms with Gasteiger partial charge in [0.2, 0.25) is 0 Å². The van der Waals surface area contributed by atoms with Crippen molar-refractivity contribution in [3.8, 4) is 89.8 Å². The van der Waals surface area contributed by atoms with Crippen molar-refractivity contribution in [2.45, 2.75) is 20.8 Å². The van der Waals surface area contributed by atoms with Gasteiger partial charge in [-0.1, -0.05) is 182 Å². The minimum atomic E-state index is 0.698. The van der Waals surface area contributed by atoms with Gasteiger partial charge < -0.3 is 17.7 Å². The molecule has 8 aromatic heterocycles. The third-order valence-electron chi connectivity index (χ3n) is 17.7. The molecule has 0 amide bonds. The SMILES string of the molecule is Cc1nc(-c2cc(-c3ccccc3)cc(-c3ccccc3)c2)cc(-c2cccc3c2oc2ccccc23)n1.Cc1nc(-c2cccc3c2oc2ccccc23)cc(-c2cccc3c2oc2ccccc23)n1.Cc1nc(-c2ccncc2)cc(-c2cccc3c2oc2ccccc23)n1. The van der Waals surface area contributed by atoms with Crippen LogP contribution in [0.15, 0.2) is 309 Å². The fraction of sp³-hybridized carbons (Fsp3) is 0.0349. The minimum absolute atomic E-state index is 0.698. The summed E-state index contributed by atoms with van der Waals surface area (Å²) in [5.74, 6) is 2.14. The maximum absolute atomic E-state index is 6.32. The first-order chi connectivity index (χ1) is 47.8. The molecule has 0 saturated carbocycles. The summed E-state index contributed by atoms with van der Waals surface area (Å²) in [6.45, 7) is 5.78. The molecule has 19 aromatic rings. The number of para-hydroxylation sites is 8. The Morgan fingerprint density at radius 1 is 0.206 bits per heavy atom. The van der Waals surface area contributed by atoms with Crippen LogP contribution in [0.3, 0.4) is 0 Å². The number of hydrogen-bond donors (Lipinski definition) is 0. The Bertz CT molecular complexity index is 6000. The lowest BCUT2D eigenvalue weighted by Crippen LogP contribution is -1.96. The van der Waals surface area contributed by atoms with E-state index in [1.165, 1.54) is 11.1 Å². The fourth-order valence-corrected chi connectivity index (χ4v) is 13.2. The van der Waals surface area contributed by atoms with Crippen molar-refractivity contribution >= 4 is 87.8 Å². The van der Waals surface area contributed by atoms with E-state index in [0.717, 1.165) is 178 Å². The van der Waals surface area contributed by atoms with Crippen molar-refractivity contribution in [3.05, 3.63) is 309 Å². The quantitative estimate of drug-likeness (QED) is 0.143. The minimum Gasteiger partial charge on any atom is -0.455 e. The number of fused-ring (bicyclic) bond motifs is 12. The van der Waals surface area contributed by atoms with Gasteiger partial charge >= 0.3 is 0 Å². The predicted molar refractivity (Wildman–Crippen MR) is 391 cm³/mol. The average molecular weight is 1250 g/mol. The van der Waals surface area contributed by atoms with Gasteiger partial charge in [-0.3, -0.25) is 4.98 Å². The average Bonchev–Trinajstić information content (AvgIpc) is 1.69. The van der Waals surface area contributed by atoms with E-state index in [1.54, 1.807) is 12.4 Å². The first kappa shape index (κ1) is 57.9. The van der Waals surface area contributed by atoms with Gasteiger partial charge in [0, 0.05) is 88.9 Å². The Morgan fingerprint density at radius 3 is 0.814 bits per heavy atom. The second-order valence-electron chi connectivity index (χ2n) is 23.9. The lowest BCUT2D eigenvalue weighted by atomic mass is 9.94. The molecule has 0 aliphatic carbocycles. The number of pyridine rings is 1. The molecule has 0 N–H and O–H groups in total. The first-order valence-electron chi connectivity index (χ1n) is 32.1. The zero-order chi connectivity index (χ0) is 64.9. The summed E-state index contributed by atoms with van der Waals surface area (Å²) in [4.78, 5) is 32.6. The number of nitrogens with zero attached hydrogens (tertiary/aromatic N) is 7. The molecule has 0 bridgehead atoms. The van der Waals surface area contributed by atoms with Crippen molar-refractivity contribution in [1.82, 2.24) is 34.9 Å². The van der Waals surface area contributed by atoms with Crippen LogP contribution in [0.25, 0.3) is 178 Å². The van der Waals surface area contributed by atoms with E-state index in [-0.39, 0.29) is 0 Å². The second kappa shape index (κ2) is 24.5. The maximum Gasteiger partial charge on any atom is 0.144 e. The van der Waals surface area contributed by atoms with Crippen molar-refractivity contribution in [1.29, 1.82) is 0 Å². The summed E-state index contributed by atoms with van der Waals surface area (Å²) in [5.41, 5.74) is 22.6. The van der Waals surface area contributed by atoms with Crippen LogP contribution < -0.4 is 0 Å². The second-order valence-corrected chi connectivity index (χ2v) is 23.9. The van der Waals surface area contributed by atoms with Crippen molar-refractivity contribution in [2.75, 3.05) is 0 Å². The molecule has 0 saturated heterocycles. The van der Waals surface area contributed by atoms with E-state index in [0.29, 0.717) is 5.82 Å². The molecule has 0 fully saturated rings. The zero-order valence-electron chi connectivity index (χ0n) is 53.0. The Labute approximate surface area is 556 Å². The van der Waals surface area contributed by atoms with Gasteiger partial charge in [-0.05, 0) is 140 Å². The molecule has 0 aliphatic heterocycles. The summed E-state index contributed by atoms with van der Waals surface area (Å²) in [6, 6.07) is 94.9. The van der Waals surface area contributed by atoms with Crippen LogP contribution in [0.2, 0.25) is 0 Å². The standard InChI is InChI=1S/C35H24N2O.C29H18N2O2.C22H15N3O/c1-23-36-32(22-33(37-23)31-17-10-16-30-29-15-8-9-18-34(29)38-35(30)31)28-20-26(24-11-4-2-5-12-24)19-27(21-28)25-13-6-3-7-14-25;1-17-30-24(22-12-6-10-20-18-8-2-4-14-26(18)32-28(20)22)16-25(31-17)23-13-7-11-21-19-9-3-5-15-27(19)33-29(21)23;1-14-24-19(15-9-11-23-12-10-15)13-20(25-14)18-7-4-6-17-16-5-2-3-8-21(16)26-22(17)18/h2-22H,1H3;2-16H,1H3;2-13H,1H3. The highest BCUT2D eigenvalue weighted by atomic mass is 16.3. The fourth-order valence-electron chi connectivity index (χ4n) is 13.2. The number of benzene rings is 11. The Balaban J connectivity index is 0.000000112. The molecule has 0 unspecified atom stereocenters. The molecular formula is C86H57N7O4. The highest BCUT2D eigenvalue weighted by Crippen LogP contribution is 2.42. The summed E-state index contributed by atoms with van der Waals surface area (Å²) < 4.78 is 25.0. The van der Waals surface area contributed by atoms with Gasteiger partial charge in [-0.25, -0.2) is 29.9 Å². The molecule has 11 heteroatoms. The van der Waals surface area contributed by atoms with E-state index >= 15 is 0 Å². The summed E-state index contributed by atoms with van der Waals surface area (Å²) in [6.07, 6.45) is 3.54. The zero-order valence-corrected chi connectivity index (χ0v) is 53.0. The van der Waals surface area contributed by atoms with Crippen LogP contribution in [-0.4, -0.2) is 34.9 Å². The van der Waals surface area contributed by atoms with Crippen molar-refractivity contribution in [3.63, 3.8) is 0 Å². The van der Waals surface area contributed by atoms with E-state index in [4.69, 9.17) is 37.6 Å². The number of aryl methyl sites for hydroxylation is 3. The van der Waals surface area contributed by atoms with E-state index < -0.39 is 0 Å². The summed E-state index contributed by atoms with van der Waals surface area (Å²) >= 11 is 0. The summed E-state index contributed by atoms with van der Waals surface area (Å²) in [7, 11) is 0. The van der Waals surface area contributed by atoms with Gasteiger partial charge in [-0.15, -0.1) is 0 Å². The van der Waals surface area contributed by atoms with Crippen LogP contribution in [0.5, 0.6) is 0 Å². The topological polar surface area (TPSA) is 143 Å². The number of furan rings is 4. The van der Waals surface area contributed by atoms with Crippen LogP contribution >= 0.6 is 0 Å². The molecule has 8 heterocycles. The Kier molecular flexibility index (Phi) is 14.6. The van der Waals surface area contributed by atoms with Crippen molar-refractivity contribution < 1.29 is 17.7 Å². The lowest BCUT2D eigenvalue weighted by molar-refractivity contribution is 0.669. The highest BCUT2D eigenvalue weighted by molar-refractivity contribution is 6.13. The number of rotatable bonds is 8. The van der Waals surface area contributed by atoms with Gasteiger partial charge in [0.15, 0.2) is 0 Å². The normalized spacial score (nSPS) is 11.5. The Hall–Kier alpha value is -13.0. The molecule has 11 aromatic carbocycles. The predicted octanol–water partition coefficient (Wildman–Crippen LogP) is 22.7. The monoisotopic (exact) mass is 1250 g/mol. The molecule has 97 heavy (non-hydrogen) atoms. The maximum atomic E-state index is 6.32. The van der Waals surface area contributed by atoms with Gasteiger partial charge in [0.25, 0.3) is 0 Å². The van der Waals surface area contributed by atoms with Gasteiger partial charge in [0.05, 0.1) is 34.2 Å². The molecule has 460 valence electrons. The first-order valence-corrected chi connectivity index (χ1v) is 32.1. The largest absolute Gasteiger partial charge is 0.455 e. The van der Waals surface area contributed by atoms with Gasteiger partial charge in [0.1, 0.15) is 62.1 Å². The van der Waals surface area contributed by atoms with Crippen LogP contribution in [0, 0.1) is 20.8 Å². The molecule has 11 nitrogen and oxygen atoms in total.